The molecule has 0 bridgehead atoms. The first kappa shape index (κ1) is 15.7. The molecule has 0 unspecified atom stereocenters. The lowest BCUT2D eigenvalue weighted by atomic mass is 10.2. The molecule has 1 aromatic rings. The molecule has 1 aromatic heterocycles. The number of nitrogens with zero attached hydrogens (tertiary/aromatic N) is 1. The van der Waals surface area contributed by atoms with Crippen molar-refractivity contribution >= 4 is 17.8 Å². The summed E-state index contributed by atoms with van der Waals surface area (Å²) in [5.41, 5.74) is 1.03. The molecule has 0 aromatic carbocycles. The topological polar surface area (TPSA) is 115 Å². The Balaban J connectivity index is 2.42. The standard InChI is InChI=1S/C13H17N3O4/c1-8-9(2)20-13(10(8)6-14)16-11(17)7-15-5-3-4-12(18)19/h15H,3-5,7H2,1-2H3,(H,16,17)(H,18,19). The number of carbonyl (C=O) groups is 2. The van der Waals surface area contributed by atoms with E-state index < -0.39 is 5.97 Å². The lowest BCUT2D eigenvalue weighted by molar-refractivity contribution is -0.137. The zero-order valence-corrected chi connectivity index (χ0v) is 11.4. The molecule has 0 aliphatic rings. The van der Waals surface area contributed by atoms with Gasteiger partial charge in [-0.25, -0.2) is 0 Å². The number of aryl methyl sites for hydroxylation is 1. The van der Waals surface area contributed by atoms with Crippen LogP contribution in [0.5, 0.6) is 0 Å². The van der Waals surface area contributed by atoms with Gasteiger partial charge in [-0.15, -0.1) is 0 Å². The van der Waals surface area contributed by atoms with Crippen LogP contribution in [0.4, 0.5) is 5.88 Å². The van der Waals surface area contributed by atoms with Crippen molar-refractivity contribution in [2.24, 2.45) is 0 Å². The van der Waals surface area contributed by atoms with E-state index in [0.29, 0.717) is 29.9 Å². The maximum absolute atomic E-state index is 11.6. The first-order chi connectivity index (χ1) is 9.45. The molecule has 0 radical (unpaired) electrons. The molecule has 3 N–H and O–H groups in total. The Labute approximate surface area is 116 Å². The van der Waals surface area contributed by atoms with Gasteiger partial charge in [0.05, 0.1) is 6.54 Å². The number of rotatable bonds is 7. The molecule has 7 heteroatoms. The van der Waals surface area contributed by atoms with Crippen LogP contribution >= 0.6 is 0 Å². The zero-order valence-electron chi connectivity index (χ0n) is 11.4. The van der Waals surface area contributed by atoms with Gasteiger partial charge in [-0.3, -0.25) is 14.9 Å². The van der Waals surface area contributed by atoms with Crippen molar-refractivity contribution in [3.05, 3.63) is 16.9 Å². The summed E-state index contributed by atoms with van der Waals surface area (Å²) >= 11 is 0. The quantitative estimate of drug-likeness (QED) is 0.645. The van der Waals surface area contributed by atoms with Gasteiger partial charge in [0.1, 0.15) is 17.4 Å². The molecule has 0 fully saturated rings. The van der Waals surface area contributed by atoms with Crippen LogP contribution in [0.1, 0.15) is 29.7 Å². The van der Waals surface area contributed by atoms with E-state index in [1.165, 1.54) is 0 Å². The van der Waals surface area contributed by atoms with Crippen molar-refractivity contribution in [2.75, 3.05) is 18.4 Å². The Morgan fingerprint density at radius 3 is 2.70 bits per heavy atom. The van der Waals surface area contributed by atoms with Crippen molar-refractivity contribution in [2.45, 2.75) is 26.7 Å². The number of carboxylic acid groups (broad SMARTS) is 1. The van der Waals surface area contributed by atoms with Crippen LogP contribution in [0.3, 0.4) is 0 Å². The van der Waals surface area contributed by atoms with Crippen molar-refractivity contribution in [3.8, 4) is 6.07 Å². The number of nitriles is 1. The minimum atomic E-state index is -0.864. The predicted octanol–water partition coefficient (Wildman–Crippen LogP) is 1.16. The van der Waals surface area contributed by atoms with Crippen LogP contribution in [0.15, 0.2) is 4.42 Å². The van der Waals surface area contributed by atoms with Crippen LogP contribution in [-0.2, 0) is 9.59 Å². The summed E-state index contributed by atoms with van der Waals surface area (Å²) in [6.07, 6.45) is 0.509. The van der Waals surface area contributed by atoms with E-state index in [0.717, 1.165) is 0 Å². The Kier molecular flexibility index (Phi) is 5.74. The molecule has 7 nitrogen and oxygen atoms in total. The fourth-order valence-electron chi connectivity index (χ4n) is 1.59. The maximum Gasteiger partial charge on any atom is 0.303 e. The highest BCUT2D eigenvalue weighted by molar-refractivity contribution is 5.92. The summed E-state index contributed by atoms with van der Waals surface area (Å²) in [5, 5.41) is 22.8. The predicted molar refractivity (Wildman–Crippen MR) is 71.3 cm³/mol. The van der Waals surface area contributed by atoms with Gasteiger partial charge in [0.15, 0.2) is 0 Å². The number of amides is 1. The Hall–Kier alpha value is -2.33. The number of hydrogen-bond acceptors (Lipinski definition) is 5. The number of aliphatic carboxylic acids is 1. The number of furan rings is 1. The normalized spacial score (nSPS) is 10.1. The molecule has 1 amide bonds. The average Bonchev–Trinajstić information content (AvgIpc) is 2.63. The molecule has 0 aliphatic carbocycles. The molecule has 20 heavy (non-hydrogen) atoms. The van der Waals surface area contributed by atoms with Crippen molar-refractivity contribution in [1.82, 2.24) is 5.32 Å². The highest BCUT2D eigenvalue weighted by Gasteiger charge is 2.16. The van der Waals surface area contributed by atoms with Gasteiger partial charge in [-0.05, 0) is 26.8 Å². The summed E-state index contributed by atoms with van der Waals surface area (Å²) in [4.78, 5) is 21.9. The number of carbonyl (C=O) groups excluding carboxylic acids is 1. The zero-order chi connectivity index (χ0) is 15.1. The van der Waals surface area contributed by atoms with E-state index in [4.69, 9.17) is 14.8 Å². The highest BCUT2D eigenvalue weighted by atomic mass is 16.4. The third-order valence-corrected chi connectivity index (χ3v) is 2.78. The maximum atomic E-state index is 11.6. The molecule has 1 heterocycles. The number of anilines is 1. The summed E-state index contributed by atoms with van der Waals surface area (Å²) in [7, 11) is 0. The van der Waals surface area contributed by atoms with E-state index in [1.54, 1.807) is 13.8 Å². The lowest BCUT2D eigenvalue weighted by Gasteiger charge is -2.04. The largest absolute Gasteiger partial charge is 0.481 e. The highest BCUT2D eigenvalue weighted by Crippen LogP contribution is 2.24. The second-order valence-corrected chi connectivity index (χ2v) is 4.32. The van der Waals surface area contributed by atoms with Gasteiger partial charge in [-0.1, -0.05) is 0 Å². The summed E-state index contributed by atoms with van der Waals surface area (Å²) < 4.78 is 5.31. The minimum Gasteiger partial charge on any atom is -0.481 e. The van der Waals surface area contributed by atoms with Crippen LogP contribution in [0, 0.1) is 25.2 Å². The second-order valence-electron chi connectivity index (χ2n) is 4.32. The Morgan fingerprint density at radius 2 is 2.10 bits per heavy atom. The van der Waals surface area contributed by atoms with E-state index in [1.807, 2.05) is 6.07 Å². The number of carboxylic acids is 1. The van der Waals surface area contributed by atoms with Crippen LogP contribution in [0.25, 0.3) is 0 Å². The van der Waals surface area contributed by atoms with E-state index >= 15 is 0 Å². The first-order valence-electron chi connectivity index (χ1n) is 6.18. The number of hydrogen-bond donors (Lipinski definition) is 3. The van der Waals surface area contributed by atoms with Crippen LogP contribution < -0.4 is 10.6 Å². The monoisotopic (exact) mass is 279 g/mol. The Morgan fingerprint density at radius 1 is 1.40 bits per heavy atom. The summed E-state index contributed by atoms with van der Waals surface area (Å²) in [5.74, 6) is -0.465. The fraction of sp³-hybridized carbons (Fsp3) is 0.462. The Bertz CT molecular complexity index is 543. The van der Waals surface area contributed by atoms with Gasteiger partial charge >= 0.3 is 5.97 Å². The van der Waals surface area contributed by atoms with Gasteiger partial charge in [0.2, 0.25) is 11.8 Å². The fourth-order valence-corrected chi connectivity index (χ4v) is 1.59. The van der Waals surface area contributed by atoms with Crippen molar-refractivity contribution in [3.63, 3.8) is 0 Å². The van der Waals surface area contributed by atoms with Gasteiger partial charge in [-0.2, -0.15) is 5.26 Å². The summed E-state index contributed by atoms with van der Waals surface area (Å²) in [6, 6.07) is 1.98. The second kappa shape index (κ2) is 7.31. The van der Waals surface area contributed by atoms with Gasteiger partial charge < -0.3 is 14.8 Å². The SMILES string of the molecule is Cc1oc(NC(=O)CNCCCC(=O)O)c(C#N)c1C. The molecular weight excluding hydrogens is 262 g/mol. The third-order valence-electron chi connectivity index (χ3n) is 2.78. The average molecular weight is 279 g/mol. The molecule has 0 saturated heterocycles. The van der Waals surface area contributed by atoms with Crippen molar-refractivity contribution < 1.29 is 19.1 Å². The first-order valence-corrected chi connectivity index (χ1v) is 6.18. The molecule has 108 valence electrons. The molecular formula is C13H17N3O4. The van der Waals surface area contributed by atoms with Gasteiger partial charge in [0, 0.05) is 12.0 Å². The molecule has 0 saturated carbocycles. The van der Waals surface area contributed by atoms with Crippen molar-refractivity contribution in [1.29, 1.82) is 5.26 Å². The summed E-state index contributed by atoms with van der Waals surface area (Å²) in [6.45, 7) is 3.93. The molecule has 0 aliphatic heterocycles. The third kappa shape index (κ3) is 4.40. The van der Waals surface area contributed by atoms with Crippen LogP contribution in [-0.4, -0.2) is 30.1 Å². The molecule has 0 atom stereocenters. The van der Waals surface area contributed by atoms with Crippen LogP contribution in [0.2, 0.25) is 0 Å². The minimum absolute atomic E-state index is 0.0310. The molecule has 1 rings (SSSR count). The number of nitrogens with one attached hydrogen (secondary N) is 2. The van der Waals surface area contributed by atoms with Gasteiger partial charge in [0.25, 0.3) is 0 Å². The van der Waals surface area contributed by atoms with E-state index in [-0.39, 0.29) is 24.8 Å². The van der Waals surface area contributed by atoms with E-state index in [2.05, 4.69) is 10.6 Å². The smallest absolute Gasteiger partial charge is 0.303 e. The lowest BCUT2D eigenvalue weighted by Crippen LogP contribution is -2.29. The molecule has 0 spiro atoms. The van der Waals surface area contributed by atoms with E-state index in [9.17, 15) is 9.59 Å².